The molecule has 18 heavy (non-hydrogen) atoms. The average Bonchev–Trinajstić information content (AvgIpc) is 2.44. The van der Waals surface area contributed by atoms with Crippen molar-refractivity contribution in [3.05, 3.63) is 24.5 Å². The molecule has 0 aliphatic carbocycles. The molecule has 5 heteroatoms. The molecule has 1 unspecified atom stereocenters. The molecule has 2 N–H and O–H groups in total. The summed E-state index contributed by atoms with van der Waals surface area (Å²) in [6.45, 7) is 6.76. The van der Waals surface area contributed by atoms with Crippen LogP contribution in [0.4, 0.5) is 5.82 Å². The van der Waals surface area contributed by atoms with E-state index in [0.29, 0.717) is 18.1 Å². The summed E-state index contributed by atoms with van der Waals surface area (Å²) in [7, 11) is 0. The van der Waals surface area contributed by atoms with E-state index in [0.717, 1.165) is 24.4 Å². The molecule has 0 amide bonds. The lowest BCUT2D eigenvalue weighted by Gasteiger charge is -2.24. The number of nitrogens with two attached hydrogens (primary N) is 1. The first-order chi connectivity index (χ1) is 8.74. The first-order valence-electron chi connectivity index (χ1n) is 6.27. The molecule has 0 aliphatic heterocycles. The topological polar surface area (TPSA) is 67.9 Å². The van der Waals surface area contributed by atoms with Crippen molar-refractivity contribution in [3.63, 3.8) is 0 Å². The van der Waals surface area contributed by atoms with Crippen molar-refractivity contribution < 1.29 is 0 Å². The Balaban J connectivity index is 2.27. The summed E-state index contributed by atoms with van der Waals surface area (Å²) in [6.07, 6.45) is 3.34. The maximum atomic E-state index is 5.67. The minimum atomic E-state index is 0.448. The highest BCUT2D eigenvalue weighted by atomic mass is 15.2. The first-order valence-corrected chi connectivity index (χ1v) is 6.27. The highest BCUT2D eigenvalue weighted by Gasteiger charge is 2.10. The molecule has 0 bridgehead atoms. The molecule has 0 aromatic carbocycles. The van der Waals surface area contributed by atoms with Crippen LogP contribution in [0.2, 0.25) is 0 Å². The van der Waals surface area contributed by atoms with Crippen molar-refractivity contribution in [3.8, 4) is 0 Å². The Morgan fingerprint density at radius 1 is 1.28 bits per heavy atom. The van der Waals surface area contributed by atoms with Crippen molar-refractivity contribution in [1.29, 1.82) is 0 Å². The van der Waals surface area contributed by atoms with Gasteiger partial charge in [0.25, 0.3) is 0 Å². The van der Waals surface area contributed by atoms with Crippen LogP contribution in [0.15, 0.2) is 24.5 Å². The van der Waals surface area contributed by atoms with Gasteiger partial charge in [0.05, 0.1) is 0 Å². The fourth-order valence-electron chi connectivity index (χ4n) is 1.86. The molecule has 0 spiro atoms. The number of anilines is 1. The van der Waals surface area contributed by atoms with Gasteiger partial charge in [-0.1, -0.05) is 6.92 Å². The molecule has 96 valence electrons. The third-order valence-electron chi connectivity index (χ3n) is 2.96. The lowest BCUT2D eigenvalue weighted by Crippen LogP contribution is -2.32. The van der Waals surface area contributed by atoms with Gasteiger partial charge in [-0.15, -0.1) is 0 Å². The molecule has 2 rings (SSSR count). The van der Waals surface area contributed by atoms with Crippen LogP contribution >= 0.6 is 0 Å². The minimum absolute atomic E-state index is 0.448. The highest BCUT2D eigenvalue weighted by Crippen LogP contribution is 2.15. The molecule has 0 saturated carbocycles. The summed E-state index contributed by atoms with van der Waals surface area (Å²) in [6, 6.07) is 3.95. The Kier molecular flexibility index (Phi) is 4.04. The average molecular weight is 245 g/mol. The highest BCUT2D eigenvalue weighted by molar-refractivity contribution is 5.71. The predicted octanol–water partition coefficient (Wildman–Crippen LogP) is 1.45. The second-order valence-corrected chi connectivity index (χ2v) is 4.45. The number of rotatable bonds is 5. The maximum Gasteiger partial charge on any atom is 0.180 e. The van der Waals surface area contributed by atoms with Crippen LogP contribution in [0, 0.1) is 5.92 Å². The van der Waals surface area contributed by atoms with E-state index in [9.17, 15) is 0 Å². The van der Waals surface area contributed by atoms with Crippen molar-refractivity contribution in [2.75, 3.05) is 24.5 Å². The monoisotopic (exact) mass is 245 g/mol. The summed E-state index contributed by atoms with van der Waals surface area (Å²) >= 11 is 0. The van der Waals surface area contributed by atoms with Crippen molar-refractivity contribution in [1.82, 2.24) is 15.0 Å². The first kappa shape index (κ1) is 12.7. The summed E-state index contributed by atoms with van der Waals surface area (Å²) in [5, 5.41) is 0. The second kappa shape index (κ2) is 5.73. The number of pyridine rings is 1. The number of aromatic nitrogens is 3. The maximum absolute atomic E-state index is 5.67. The summed E-state index contributed by atoms with van der Waals surface area (Å²) in [5.74, 6) is 1.38. The van der Waals surface area contributed by atoms with Crippen LogP contribution in [0.25, 0.3) is 11.2 Å². The van der Waals surface area contributed by atoms with E-state index in [-0.39, 0.29) is 0 Å². The minimum Gasteiger partial charge on any atom is -0.357 e. The molecule has 0 fully saturated rings. The van der Waals surface area contributed by atoms with Gasteiger partial charge in [-0.05, 0) is 31.5 Å². The molecule has 1 atom stereocenters. The SMILES string of the molecule is CCN(CC(C)CN)c1ccc2nccnc2n1. The van der Waals surface area contributed by atoms with E-state index in [1.165, 1.54) is 0 Å². The van der Waals surface area contributed by atoms with Crippen molar-refractivity contribution in [2.24, 2.45) is 11.7 Å². The van der Waals surface area contributed by atoms with E-state index in [1.54, 1.807) is 12.4 Å². The van der Waals surface area contributed by atoms with E-state index in [2.05, 4.69) is 33.7 Å². The van der Waals surface area contributed by atoms with Gasteiger partial charge in [0.15, 0.2) is 5.65 Å². The van der Waals surface area contributed by atoms with Crippen molar-refractivity contribution >= 4 is 17.0 Å². The number of nitrogens with zero attached hydrogens (tertiary/aromatic N) is 4. The molecule has 0 saturated heterocycles. The van der Waals surface area contributed by atoms with E-state index in [1.807, 2.05) is 12.1 Å². The summed E-state index contributed by atoms with van der Waals surface area (Å²) in [4.78, 5) is 15.2. The molecule has 0 radical (unpaired) electrons. The van der Waals surface area contributed by atoms with Crippen LogP contribution in [0.3, 0.4) is 0 Å². The quantitative estimate of drug-likeness (QED) is 0.863. The van der Waals surface area contributed by atoms with Crippen LogP contribution in [0.1, 0.15) is 13.8 Å². The normalized spacial score (nSPS) is 12.6. The van der Waals surface area contributed by atoms with Gasteiger partial charge in [0.1, 0.15) is 11.3 Å². The Bertz CT molecular complexity index is 513. The van der Waals surface area contributed by atoms with Crippen molar-refractivity contribution in [2.45, 2.75) is 13.8 Å². The molecular formula is C13H19N5. The van der Waals surface area contributed by atoms with Crippen LogP contribution in [-0.2, 0) is 0 Å². The van der Waals surface area contributed by atoms with Gasteiger partial charge in [-0.2, -0.15) is 0 Å². The molecule has 2 aromatic heterocycles. The van der Waals surface area contributed by atoms with Gasteiger partial charge in [-0.3, -0.25) is 4.98 Å². The molecule has 2 heterocycles. The summed E-state index contributed by atoms with van der Waals surface area (Å²) < 4.78 is 0. The van der Waals surface area contributed by atoms with Crippen LogP contribution < -0.4 is 10.6 Å². The van der Waals surface area contributed by atoms with Gasteiger partial charge in [-0.25, -0.2) is 9.97 Å². The number of hydrogen-bond acceptors (Lipinski definition) is 5. The standard InChI is InChI=1S/C13H19N5/c1-3-18(9-10(2)8-14)12-5-4-11-13(17-12)16-7-6-15-11/h4-7,10H,3,8-9,14H2,1-2H3. The predicted molar refractivity (Wildman–Crippen MR) is 73.4 cm³/mol. The van der Waals surface area contributed by atoms with E-state index >= 15 is 0 Å². The zero-order valence-corrected chi connectivity index (χ0v) is 10.9. The zero-order chi connectivity index (χ0) is 13.0. The number of fused-ring (bicyclic) bond motifs is 1. The van der Waals surface area contributed by atoms with Gasteiger partial charge >= 0.3 is 0 Å². The Hall–Kier alpha value is -1.75. The fraction of sp³-hybridized carbons (Fsp3) is 0.462. The lowest BCUT2D eigenvalue weighted by molar-refractivity contribution is 0.573. The van der Waals surface area contributed by atoms with E-state index in [4.69, 9.17) is 5.73 Å². The largest absolute Gasteiger partial charge is 0.357 e. The molecule has 5 nitrogen and oxygen atoms in total. The smallest absolute Gasteiger partial charge is 0.180 e. The Morgan fingerprint density at radius 2 is 2.06 bits per heavy atom. The number of hydrogen-bond donors (Lipinski definition) is 1. The zero-order valence-electron chi connectivity index (χ0n) is 10.9. The Morgan fingerprint density at radius 3 is 2.78 bits per heavy atom. The molecule has 2 aromatic rings. The summed E-state index contributed by atoms with van der Waals surface area (Å²) in [5.41, 5.74) is 7.19. The van der Waals surface area contributed by atoms with Crippen LogP contribution in [-0.4, -0.2) is 34.6 Å². The lowest BCUT2D eigenvalue weighted by atomic mass is 10.1. The van der Waals surface area contributed by atoms with Gasteiger partial charge in [0.2, 0.25) is 0 Å². The fourth-order valence-corrected chi connectivity index (χ4v) is 1.86. The molecular weight excluding hydrogens is 226 g/mol. The molecule has 0 aliphatic rings. The van der Waals surface area contributed by atoms with Gasteiger partial charge in [0, 0.05) is 25.5 Å². The second-order valence-electron chi connectivity index (χ2n) is 4.45. The third kappa shape index (κ3) is 2.73. The third-order valence-corrected chi connectivity index (χ3v) is 2.96. The van der Waals surface area contributed by atoms with E-state index < -0.39 is 0 Å². The van der Waals surface area contributed by atoms with Gasteiger partial charge < -0.3 is 10.6 Å². The Labute approximate surface area is 107 Å². The van der Waals surface area contributed by atoms with Crippen LogP contribution in [0.5, 0.6) is 0 Å².